The van der Waals surface area contributed by atoms with Crippen LogP contribution < -0.4 is 5.73 Å². The summed E-state index contributed by atoms with van der Waals surface area (Å²) in [5.74, 6) is 0.0705. The SMILES string of the molecule is CCCn1ncc(Br)c1C(F)(CN)C1CC1. The molecule has 1 aromatic rings. The fourth-order valence-electron chi connectivity index (χ4n) is 2.15. The summed E-state index contributed by atoms with van der Waals surface area (Å²) in [7, 11) is 0. The Labute approximate surface area is 103 Å². The number of nitrogens with two attached hydrogens (primary N) is 1. The molecule has 1 aromatic heterocycles. The van der Waals surface area contributed by atoms with Crippen LogP contribution in [0.25, 0.3) is 0 Å². The fraction of sp³-hybridized carbons (Fsp3) is 0.727. The van der Waals surface area contributed by atoms with Crippen LogP contribution in [0.1, 0.15) is 31.9 Å². The summed E-state index contributed by atoms with van der Waals surface area (Å²) in [4.78, 5) is 0. The molecule has 2 N–H and O–H groups in total. The molecule has 0 spiro atoms. The lowest BCUT2D eigenvalue weighted by atomic mass is 9.96. The zero-order valence-corrected chi connectivity index (χ0v) is 11.0. The van der Waals surface area contributed by atoms with Crippen LogP contribution in [-0.2, 0) is 12.2 Å². The topological polar surface area (TPSA) is 43.8 Å². The Hall–Kier alpha value is -0.420. The van der Waals surface area contributed by atoms with Crippen molar-refractivity contribution in [1.82, 2.24) is 9.78 Å². The molecular formula is C11H17BrFN3. The number of aromatic nitrogens is 2. The number of halogens is 2. The van der Waals surface area contributed by atoms with Gasteiger partial charge in [0.2, 0.25) is 0 Å². The van der Waals surface area contributed by atoms with E-state index in [0.29, 0.717) is 5.69 Å². The van der Waals surface area contributed by atoms with Crippen LogP contribution in [0.3, 0.4) is 0 Å². The van der Waals surface area contributed by atoms with E-state index in [1.54, 1.807) is 10.9 Å². The van der Waals surface area contributed by atoms with Gasteiger partial charge >= 0.3 is 0 Å². The van der Waals surface area contributed by atoms with E-state index in [-0.39, 0.29) is 12.5 Å². The molecule has 0 radical (unpaired) electrons. The van der Waals surface area contributed by atoms with Gasteiger partial charge in [-0.3, -0.25) is 4.68 Å². The molecule has 1 unspecified atom stereocenters. The van der Waals surface area contributed by atoms with Crippen LogP contribution >= 0.6 is 15.9 Å². The minimum Gasteiger partial charge on any atom is -0.327 e. The highest BCUT2D eigenvalue weighted by molar-refractivity contribution is 9.10. The van der Waals surface area contributed by atoms with Crippen LogP contribution in [-0.4, -0.2) is 16.3 Å². The Kier molecular flexibility index (Phi) is 3.35. The van der Waals surface area contributed by atoms with Crippen LogP contribution in [0.5, 0.6) is 0 Å². The third-order valence-electron chi connectivity index (χ3n) is 3.15. The number of nitrogens with zero attached hydrogens (tertiary/aromatic N) is 2. The molecule has 1 atom stereocenters. The number of rotatable bonds is 5. The summed E-state index contributed by atoms with van der Waals surface area (Å²) in [6, 6.07) is 0. The van der Waals surface area contributed by atoms with Gasteiger partial charge < -0.3 is 5.73 Å². The van der Waals surface area contributed by atoms with Gasteiger partial charge in [-0.1, -0.05) is 6.92 Å². The van der Waals surface area contributed by atoms with Crippen molar-refractivity contribution < 1.29 is 4.39 Å². The van der Waals surface area contributed by atoms with E-state index in [9.17, 15) is 4.39 Å². The standard InChI is InChI=1S/C11H17BrFN3/c1-2-5-16-10(9(12)6-15-16)11(13,7-14)8-3-4-8/h6,8H,2-5,7,14H2,1H3. The lowest BCUT2D eigenvalue weighted by molar-refractivity contribution is 0.128. The van der Waals surface area contributed by atoms with Crippen LogP contribution in [0.4, 0.5) is 4.39 Å². The van der Waals surface area contributed by atoms with E-state index < -0.39 is 5.67 Å². The molecule has 1 aliphatic rings. The lowest BCUT2D eigenvalue weighted by Crippen LogP contribution is -2.35. The monoisotopic (exact) mass is 289 g/mol. The van der Waals surface area contributed by atoms with E-state index in [2.05, 4.69) is 28.0 Å². The number of alkyl halides is 1. The van der Waals surface area contributed by atoms with Crippen molar-refractivity contribution in [2.45, 2.75) is 38.4 Å². The van der Waals surface area contributed by atoms with E-state index >= 15 is 0 Å². The Morgan fingerprint density at radius 1 is 1.69 bits per heavy atom. The summed E-state index contributed by atoms with van der Waals surface area (Å²) in [5, 5.41) is 4.20. The predicted octanol–water partition coefficient (Wildman–Crippen LogP) is 2.59. The number of hydrogen-bond donors (Lipinski definition) is 1. The summed E-state index contributed by atoms with van der Waals surface area (Å²) in [6.45, 7) is 2.82. The van der Waals surface area contributed by atoms with Gasteiger partial charge in [-0.15, -0.1) is 0 Å². The van der Waals surface area contributed by atoms with Gasteiger partial charge in [0, 0.05) is 19.0 Å². The maximum absolute atomic E-state index is 14.9. The van der Waals surface area contributed by atoms with Gasteiger partial charge in [0.05, 0.1) is 16.4 Å². The largest absolute Gasteiger partial charge is 0.327 e. The third-order valence-corrected chi connectivity index (χ3v) is 3.73. The molecule has 0 aliphatic heterocycles. The van der Waals surface area contributed by atoms with Crippen LogP contribution in [0, 0.1) is 5.92 Å². The molecular weight excluding hydrogens is 273 g/mol. The van der Waals surface area contributed by atoms with E-state index in [1.165, 1.54) is 0 Å². The molecule has 0 amide bonds. The molecule has 2 rings (SSSR count). The molecule has 5 heteroatoms. The summed E-state index contributed by atoms with van der Waals surface area (Å²) < 4.78 is 17.4. The van der Waals surface area contributed by atoms with Crippen molar-refractivity contribution in [2.24, 2.45) is 11.7 Å². The van der Waals surface area contributed by atoms with Gasteiger partial charge in [-0.25, -0.2) is 4.39 Å². The first-order chi connectivity index (χ1) is 7.63. The van der Waals surface area contributed by atoms with Gasteiger partial charge in [0.25, 0.3) is 0 Å². The second-order valence-corrected chi connectivity index (χ2v) is 5.26. The molecule has 1 aliphatic carbocycles. The Morgan fingerprint density at radius 3 is 2.88 bits per heavy atom. The Bertz CT molecular complexity index is 375. The lowest BCUT2D eigenvalue weighted by Gasteiger charge is -2.25. The normalized spacial score (nSPS) is 19.8. The zero-order valence-electron chi connectivity index (χ0n) is 9.42. The van der Waals surface area contributed by atoms with Crippen LogP contribution in [0.15, 0.2) is 10.7 Å². The zero-order chi connectivity index (χ0) is 11.8. The van der Waals surface area contributed by atoms with Crippen molar-refractivity contribution in [3.63, 3.8) is 0 Å². The van der Waals surface area contributed by atoms with E-state index in [0.717, 1.165) is 30.3 Å². The van der Waals surface area contributed by atoms with Gasteiger partial charge in [-0.05, 0) is 35.2 Å². The van der Waals surface area contributed by atoms with Gasteiger partial charge in [-0.2, -0.15) is 5.10 Å². The smallest absolute Gasteiger partial charge is 0.168 e. The number of aryl methyl sites for hydroxylation is 1. The first-order valence-electron chi connectivity index (χ1n) is 5.74. The van der Waals surface area contributed by atoms with Crippen molar-refractivity contribution >= 4 is 15.9 Å². The average molecular weight is 290 g/mol. The highest BCUT2D eigenvalue weighted by Crippen LogP contribution is 2.49. The molecule has 3 nitrogen and oxygen atoms in total. The molecule has 0 bridgehead atoms. The summed E-state index contributed by atoms with van der Waals surface area (Å²) in [6.07, 6.45) is 4.46. The van der Waals surface area contributed by atoms with Crippen LogP contribution in [0.2, 0.25) is 0 Å². The maximum atomic E-state index is 14.9. The second-order valence-electron chi connectivity index (χ2n) is 4.41. The number of hydrogen-bond acceptors (Lipinski definition) is 2. The van der Waals surface area contributed by atoms with E-state index in [1.807, 2.05) is 0 Å². The van der Waals surface area contributed by atoms with Gasteiger partial charge in [0.1, 0.15) is 0 Å². The van der Waals surface area contributed by atoms with Crippen molar-refractivity contribution in [3.8, 4) is 0 Å². The minimum atomic E-state index is -1.41. The minimum absolute atomic E-state index is 0.0334. The molecule has 1 heterocycles. The third kappa shape index (κ3) is 1.91. The van der Waals surface area contributed by atoms with Crippen molar-refractivity contribution in [1.29, 1.82) is 0 Å². The molecule has 0 saturated heterocycles. The maximum Gasteiger partial charge on any atom is 0.168 e. The summed E-state index contributed by atoms with van der Waals surface area (Å²) >= 11 is 3.38. The van der Waals surface area contributed by atoms with E-state index in [4.69, 9.17) is 5.73 Å². The molecule has 16 heavy (non-hydrogen) atoms. The average Bonchev–Trinajstić information content (AvgIpc) is 3.05. The van der Waals surface area contributed by atoms with Gasteiger partial charge in [0.15, 0.2) is 5.67 Å². The summed E-state index contributed by atoms with van der Waals surface area (Å²) in [5.41, 5.74) is 4.85. The predicted molar refractivity (Wildman–Crippen MR) is 64.8 cm³/mol. The Morgan fingerprint density at radius 2 is 2.38 bits per heavy atom. The molecule has 1 saturated carbocycles. The van der Waals surface area contributed by atoms with Crippen molar-refractivity contribution in [2.75, 3.05) is 6.54 Å². The first-order valence-corrected chi connectivity index (χ1v) is 6.53. The molecule has 1 fully saturated rings. The highest BCUT2D eigenvalue weighted by Gasteiger charge is 2.49. The first kappa shape index (κ1) is 12.0. The fourth-order valence-corrected chi connectivity index (χ4v) is 2.78. The second kappa shape index (κ2) is 4.45. The highest BCUT2D eigenvalue weighted by atomic mass is 79.9. The quantitative estimate of drug-likeness (QED) is 0.905. The molecule has 0 aromatic carbocycles. The molecule has 90 valence electrons. The van der Waals surface area contributed by atoms with Crippen molar-refractivity contribution in [3.05, 3.63) is 16.4 Å². The Balaban J connectivity index is 2.39.